The van der Waals surface area contributed by atoms with Crippen molar-refractivity contribution in [2.24, 2.45) is 0 Å². The molecule has 6 heteroatoms. The van der Waals surface area contributed by atoms with Gasteiger partial charge < -0.3 is 4.74 Å². The van der Waals surface area contributed by atoms with Crippen LogP contribution in [0.25, 0.3) is 0 Å². The fraction of sp³-hybridized carbons (Fsp3) is 0.455. The van der Waals surface area contributed by atoms with E-state index in [4.69, 9.17) is 9.29 Å². The molecule has 0 radical (unpaired) electrons. The summed E-state index contributed by atoms with van der Waals surface area (Å²) in [6, 6.07) is 9.76. The first-order valence-electron chi connectivity index (χ1n) is 5.15. The molecule has 1 N–H and O–H groups in total. The Hall–Kier alpha value is 0.0900. The summed E-state index contributed by atoms with van der Waals surface area (Å²) in [5.41, 5.74) is 1.09. The molecule has 0 aliphatic carbocycles. The van der Waals surface area contributed by atoms with Gasteiger partial charge in [0, 0.05) is 6.61 Å². The molecule has 0 aliphatic rings. The number of rotatable bonds is 7. The number of hydrogen-bond acceptors (Lipinski definition) is 3. The molecule has 0 aromatic heterocycles. The number of hydrogen-bond donors (Lipinski definition) is 1. The zero-order valence-corrected chi connectivity index (χ0v) is 9.82. The Kier molecular flexibility index (Phi) is 9.13. The van der Waals surface area contributed by atoms with Crippen molar-refractivity contribution in [2.45, 2.75) is 19.4 Å². The summed E-state index contributed by atoms with van der Waals surface area (Å²) in [6.07, 6.45) is 1.06. The molecule has 1 aromatic rings. The Morgan fingerprint density at radius 1 is 1.12 bits per heavy atom. The molecule has 0 saturated carbocycles. The van der Waals surface area contributed by atoms with Gasteiger partial charge in [-0.3, -0.25) is 4.55 Å². The SMILES string of the molecule is O=S(=O)(O)CCCCOCc1ccccc1.[NaH]. The van der Waals surface area contributed by atoms with Crippen molar-refractivity contribution in [2.75, 3.05) is 12.4 Å². The third-order valence-corrected chi connectivity index (χ3v) is 2.86. The van der Waals surface area contributed by atoms with E-state index in [1.54, 1.807) is 0 Å². The first-order valence-corrected chi connectivity index (χ1v) is 6.76. The predicted molar refractivity (Wildman–Crippen MR) is 68.9 cm³/mol. The molecule has 0 atom stereocenters. The molecule has 17 heavy (non-hydrogen) atoms. The molecule has 1 aromatic carbocycles. The molecule has 0 spiro atoms. The van der Waals surface area contributed by atoms with Crippen LogP contribution in [0, 0.1) is 0 Å². The van der Waals surface area contributed by atoms with Crippen molar-refractivity contribution < 1.29 is 17.7 Å². The number of benzene rings is 1. The molecule has 92 valence electrons. The normalized spacial score (nSPS) is 10.9. The molecule has 0 unspecified atom stereocenters. The molecular weight excluding hydrogens is 251 g/mol. The molecule has 0 amide bonds. The van der Waals surface area contributed by atoms with Gasteiger partial charge >= 0.3 is 29.6 Å². The van der Waals surface area contributed by atoms with E-state index in [0.29, 0.717) is 26.1 Å². The van der Waals surface area contributed by atoms with Crippen molar-refractivity contribution in [3.05, 3.63) is 35.9 Å². The molecule has 0 bridgehead atoms. The summed E-state index contributed by atoms with van der Waals surface area (Å²) in [5.74, 6) is -0.193. The topological polar surface area (TPSA) is 63.6 Å². The van der Waals surface area contributed by atoms with Crippen LogP contribution in [0.4, 0.5) is 0 Å². The van der Waals surface area contributed by atoms with Crippen molar-refractivity contribution in [3.63, 3.8) is 0 Å². The maximum absolute atomic E-state index is 10.4. The predicted octanol–water partition coefficient (Wildman–Crippen LogP) is 1.22. The quantitative estimate of drug-likeness (QED) is 0.459. The standard InChI is InChI=1S/C11H16O4S.Na.H/c12-16(13,14)9-5-4-8-15-10-11-6-2-1-3-7-11;;/h1-3,6-7H,4-5,8-10H2,(H,12,13,14);;. The van der Waals surface area contributed by atoms with Crippen LogP contribution in [0.3, 0.4) is 0 Å². The minimum atomic E-state index is -3.82. The van der Waals surface area contributed by atoms with Gasteiger partial charge in [-0.25, -0.2) is 0 Å². The van der Waals surface area contributed by atoms with Gasteiger partial charge in [-0.05, 0) is 18.4 Å². The van der Waals surface area contributed by atoms with Crippen LogP contribution in [-0.2, 0) is 21.5 Å². The molecule has 0 aliphatic heterocycles. The number of unbranched alkanes of at least 4 members (excludes halogenated alkanes) is 1. The Bertz CT molecular complexity index is 391. The Labute approximate surface area is 124 Å². The van der Waals surface area contributed by atoms with Gasteiger partial charge in [0.25, 0.3) is 10.1 Å². The van der Waals surface area contributed by atoms with Gasteiger partial charge in [0.1, 0.15) is 0 Å². The van der Waals surface area contributed by atoms with E-state index in [-0.39, 0.29) is 35.3 Å². The van der Waals surface area contributed by atoms with Crippen LogP contribution in [0.2, 0.25) is 0 Å². The van der Waals surface area contributed by atoms with Crippen LogP contribution in [0.5, 0.6) is 0 Å². The zero-order chi connectivity index (χ0) is 11.9. The Balaban J connectivity index is 0.00000256. The first kappa shape index (κ1) is 17.1. The fourth-order valence-corrected chi connectivity index (χ4v) is 1.82. The Morgan fingerprint density at radius 3 is 2.35 bits per heavy atom. The summed E-state index contributed by atoms with van der Waals surface area (Å²) in [6.45, 7) is 1.04. The molecule has 0 saturated heterocycles. The van der Waals surface area contributed by atoms with Crippen LogP contribution < -0.4 is 0 Å². The van der Waals surface area contributed by atoms with Crippen LogP contribution >= 0.6 is 0 Å². The molecule has 4 nitrogen and oxygen atoms in total. The summed E-state index contributed by atoms with van der Waals surface area (Å²) >= 11 is 0. The van der Waals surface area contributed by atoms with Gasteiger partial charge in [0.05, 0.1) is 12.4 Å². The van der Waals surface area contributed by atoms with Crippen molar-refractivity contribution in [1.29, 1.82) is 0 Å². The third kappa shape index (κ3) is 9.76. The zero-order valence-electron chi connectivity index (χ0n) is 9.00. The Morgan fingerprint density at radius 2 is 1.76 bits per heavy atom. The number of ether oxygens (including phenoxy) is 1. The van der Waals surface area contributed by atoms with E-state index in [9.17, 15) is 8.42 Å². The average Bonchev–Trinajstić information content (AvgIpc) is 2.23. The van der Waals surface area contributed by atoms with Gasteiger partial charge in [-0.2, -0.15) is 8.42 Å². The van der Waals surface area contributed by atoms with Crippen molar-refractivity contribution in [1.82, 2.24) is 0 Å². The van der Waals surface area contributed by atoms with Crippen molar-refractivity contribution in [3.8, 4) is 0 Å². The van der Waals surface area contributed by atoms with Crippen LogP contribution in [-0.4, -0.2) is 54.9 Å². The summed E-state index contributed by atoms with van der Waals surface area (Å²) < 4.78 is 34.6. The van der Waals surface area contributed by atoms with E-state index in [0.717, 1.165) is 5.56 Å². The van der Waals surface area contributed by atoms with E-state index in [2.05, 4.69) is 0 Å². The van der Waals surface area contributed by atoms with E-state index in [1.807, 2.05) is 30.3 Å². The summed E-state index contributed by atoms with van der Waals surface area (Å²) in [4.78, 5) is 0. The monoisotopic (exact) mass is 268 g/mol. The molecular formula is C11H17NaO4S. The molecule has 0 fully saturated rings. The first-order chi connectivity index (χ1) is 7.58. The average molecular weight is 268 g/mol. The van der Waals surface area contributed by atoms with Gasteiger partial charge in [0.15, 0.2) is 0 Å². The van der Waals surface area contributed by atoms with E-state index < -0.39 is 10.1 Å². The van der Waals surface area contributed by atoms with Crippen molar-refractivity contribution >= 4 is 39.7 Å². The molecule has 0 heterocycles. The van der Waals surface area contributed by atoms with Crippen LogP contribution in [0.15, 0.2) is 30.3 Å². The van der Waals surface area contributed by atoms with Gasteiger partial charge in [0.2, 0.25) is 0 Å². The second-order valence-corrected chi connectivity index (χ2v) is 5.10. The van der Waals surface area contributed by atoms with E-state index in [1.165, 1.54) is 0 Å². The second kappa shape index (κ2) is 9.08. The molecule has 1 rings (SSSR count). The third-order valence-electron chi connectivity index (χ3n) is 2.05. The van der Waals surface area contributed by atoms with Gasteiger partial charge in [-0.15, -0.1) is 0 Å². The van der Waals surface area contributed by atoms with E-state index >= 15 is 0 Å². The second-order valence-electron chi connectivity index (χ2n) is 3.53. The minimum absolute atomic E-state index is 0. The van der Waals surface area contributed by atoms with Gasteiger partial charge in [-0.1, -0.05) is 30.3 Å². The summed E-state index contributed by atoms with van der Waals surface area (Å²) in [7, 11) is -3.82. The maximum atomic E-state index is 10.4. The summed E-state index contributed by atoms with van der Waals surface area (Å²) in [5, 5.41) is 0. The van der Waals surface area contributed by atoms with Crippen LogP contribution in [0.1, 0.15) is 18.4 Å². The fourth-order valence-electron chi connectivity index (χ4n) is 1.25.